The maximum Gasteiger partial charge on any atom is 0.410 e. The average molecular weight is 389 g/mol. The van der Waals surface area contributed by atoms with Crippen molar-refractivity contribution in [2.45, 2.75) is 39.2 Å². The fourth-order valence-electron chi connectivity index (χ4n) is 3.66. The van der Waals surface area contributed by atoms with Gasteiger partial charge in [-0.15, -0.1) is 0 Å². The van der Waals surface area contributed by atoms with Gasteiger partial charge in [-0.3, -0.25) is 0 Å². The lowest BCUT2D eigenvalue weighted by molar-refractivity contribution is 0.157. The van der Waals surface area contributed by atoms with Crippen LogP contribution in [-0.4, -0.2) is 61.3 Å². The molecule has 7 nitrogen and oxygen atoms in total. The molecule has 0 aliphatic carbocycles. The second-order valence-electron chi connectivity index (χ2n) is 7.85. The van der Waals surface area contributed by atoms with E-state index in [1.807, 2.05) is 24.3 Å². The third kappa shape index (κ3) is 6.41. The molecule has 2 aliphatic rings. The Kier molecular flexibility index (Phi) is 7.54. The molecule has 2 aliphatic heterocycles. The number of ether oxygens (including phenoxy) is 1. The molecule has 0 bridgehead atoms. The van der Waals surface area contributed by atoms with Crippen LogP contribution in [0.3, 0.4) is 0 Å². The predicted molar refractivity (Wildman–Crippen MR) is 109 cm³/mol. The summed E-state index contributed by atoms with van der Waals surface area (Å²) in [6, 6.07) is 7.37. The number of benzene rings is 1. The van der Waals surface area contributed by atoms with Crippen LogP contribution in [0.4, 0.5) is 15.3 Å². The van der Waals surface area contributed by atoms with Gasteiger partial charge in [0.15, 0.2) is 0 Å². The molecule has 0 aromatic heterocycles. The van der Waals surface area contributed by atoms with E-state index in [0.717, 1.165) is 36.6 Å². The Bertz CT molecular complexity index is 659. The van der Waals surface area contributed by atoms with Crippen LogP contribution in [0.25, 0.3) is 0 Å². The highest BCUT2D eigenvalue weighted by Gasteiger charge is 2.21. The summed E-state index contributed by atoms with van der Waals surface area (Å²) < 4.78 is 4.94. The summed E-state index contributed by atoms with van der Waals surface area (Å²) in [4.78, 5) is 27.8. The lowest BCUT2D eigenvalue weighted by Gasteiger charge is -2.30. The van der Waals surface area contributed by atoms with Gasteiger partial charge in [-0.25, -0.2) is 9.59 Å². The molecule has 0 spiro atoms. The van der Waals surface area contributed by atoms with Gasteiger partial charge in [0.05, 0.1) is 6.54 Å². The van der Waals surface area contributed by atoms with E-state index < -0.39 is 0 Å². The first-order valence-electron chi connectivity index (χ1n) is 10.4. The Morgan fingerprint density at radius 1 is 1.21 bits per heavy atom. The SMILES string of the molecule is CC1CCN(CCCCNC(=O)Nc2cccc(CN3CCOC3=O)c2)CC1. The number of hydrogen-bond acceptors (Lipinski definition) is 4. The lowest BCUT2D eigenvalue weighted by atomic mass is 9.99. The number of piperidine rings is 1. The maximum absolute atomic E-state index is 12.1. The molecular weight excluding hydrogens is 356 g/mol. The molecule has 3 amide bonds. The summed E-state index contributed by atoms with van der Waals surface area (Å²) in [7, 11) is 0. The monoisotopic (exact) mass is 388 g/mol. The van der Waals surface area contributed by atoms with E-state index in [1.165, 1.54) is 25.9 Å². The van der Waals surface area contributed by atoms with E-state index >= 15 is 0 Å². The highest BCUT2D eigenvalue weighted by atomic mass is 16.6. The van der Waals surface area contributed by atoms with Crippen molar-refractivity contribution in [3.63, 3.8) is 0 Å². The number of anilines is 1. The quantitative estimate of drug-likeness (QED) is 0.671. The van der Waals surface area contributed by atoms with Gasteiger partial charge in [-0.2, -0.15) is 0 Å². The summed E-state index contributed by atoms with van der Waals surface area (Å²) >= 11 is 0. The number of nitrogens with zero attached hydrogens (tertiary/aromatic N) is 2. The Hall–Kier alpha value is -2.28. The molecule has 154 valence electrons. The topological polar surface area (TPSA) is 73.9 Å². The summed E-state index contributed by atoms with van der Waals surface area (Å²) in [6.07, 6.45) is 4.42. The molecule has 0 saturated carbocycles. The largest absolute Gasteiger partial charge is 0.448 e. The van der Waals surface area contributed by atoms with Gasteiger partial charge in [-0.1, -0.05) is 19.1 Å². The Balaban J connectivity index is 1.32. The van der Waals surface area contributed by atoms with Gasteiger partial charge in [0.25, 0.3) is 0 Å². The molecule has 1 aromatic carbocycles. The van der Waals surface area contributed by atoms with Gasteiger partial charge < -0.3 is 25.2 Å². The third-order valence-electron chi connectivity index (χ3n) is 5.47. The standard InChI is InChI=1S/C21H32N4O3/c1-17-7-11-24(12-8-17)10-3-2-9-22-20(26)23-19-6-4-5-18(15-19)16-25-13-14-28-21(25)27/h4-6,15,17H,2-3,7-14,16H2,1H3,(H2,22,23,26). The number of likely N-dealkylation sites (tertiary alicyclic amines) is 1. The smallest absolute Gasteiger partial charge is 0.410 e. The van der Waals surface area contributed by atoms with Crippen molar-refractivity contribution in [2.24, 2.45) is 5.92 Å². The van der Waals surface area contributed by atoms with Crippen LogP contribution >= 0.6 is 0 Å². The van der Waals surface area contributed by atoms with Gasteiger partial charge in [0, 0.05) is 18.8 Å². The Morgan fingerprint density at radius 2 is 2.04 bits per heavy atom. The number of cyclic esters (lactones) is 1. The Labute approximate surface area is 167 Å². The van der Waals surface area contributed by atoms with Gasteiger partial charge in [0.2, 0.25) is 0 Å². The van der Waals surface area contributed by atoms with Crippen molar-refractivity contribution in [3.8, 4) is 0 Å². The average Bonchev–Trinajstić information content (AvgIpc) is 3.08. The molecule has 2 fully saturated rings. The minimum atomic E-state index is -0.282. The van der Waals surface area contributed by atoms with Crippen LogP contribution in [0.5, 0.6) is 0 Å². The van der Waals surface area contributed by atoms with Gasteiger partial charge in [-0.05, 0) is 68.9 Å². The Morgan fingerprint density at radius 3 is 2.79 bits per heavy atom. The number of urea groups is 1. The van der Waals surface area contributed by atoms with Gasteiger partial charge >= 0.3 is 12.1 Å². The molecule has 0 unspecified atom stereocenters. The van der Waals surface area contributed by atoms with Crippen LogP contribution < -0.4 is 10.6 Å². The summed E-state index contributed by atoms with van der Waals surface area (Å²) in [5, 5.41) is 5.79. The van der Waals surface area contributed by atoms with E-state index in [1.54, 1.807) is 4.90 Å². The summed E-state index contributed by atoms with van der Waals surface area (Å²) in [5.74, 6) is 0.865. The molecule has 28 heavy (non-hydrogen) atoms. The molecule has 0 radical (unpaired) electrons. The highest BCUT2D eigenvalue weighted by Crippen LogP contribution is 2.16. The first kappa shape index (κ1) is 20.5. The molecule has 1 aromatic rings. The number of carbonyl (C=O) groups is 2. The van der Waals surface area contributed by atoms with E-state index in [4.69, 9.17) is 4.74 Å². The molecule has 2 N–H and O–H groups in total. The number of hydrogen-bond donors (Lipinski definition) is 2. The van der Waals surface area contributed by atoms with Gasteiger partial charge in [0.1, 0.15) is 6.61 Å². The fraction of sp³-hybridized carbons (Fsp3) is 0.619. The number of rotatable bonds is 8. The lowest BCUT2D eigenvalue weighted by Crippen LogP contribution is -2.34. The van der Waals surface area contributed by atoms with Crippen molar-refractivity contribution in [3.05, 3.63) is 29.8 Å². The van der Waals surface area contributed by atoms with Crippen molar-refractivity contribution in [1.29, 1.82) is 0 Å². The van der Waals surface area contributed by atoms with Crippen molar-refractivity contribution in [1.82, 2.24) is 15.1 Å². The zero-order chi connectivity index (χ0) is 19.8. The molecule has 2 heterocycles. The first-order valence-corrected chi connectivity index (χ1v) is 10.4. The van der Waals surface area contributed by atoms with Crippen LogP contribution in [0.2, 0.25) is 0 Å². The zero-order valence-corrected chi connectivity index (χ0v) is 16.8. The second-order valence-corrected chi connectivity index (χ2v) is 7.85. The number of amides is 3. The maximum atomic E-state index is 12.1. The molecular formula is C21H32N4O3. The van der Waals surface area contributed by atoms with E-state index in [-0.39, 0.29) is 12.1 Å². The van der Waals surface area contributed by atoms with E-state index in [0.29, 0.717) is 26.2 Å². The van der Waals surface area contributed by atoms with Crippen molar-refractivity contribution >= 4 is 17.8 Å². The molecule has 7 heteroatoms. The first-order chi connectivity index (χ1) is 13.6. The number of carbonyl (C=O) groups excluding carboxylic acids is 2. The molecule has 2 saturated heterocycles. The highest BCUT2D eigenvalue weighted by molar-refractivity contribution is 5.89. The fourth-order valence-corrected chi connectivity index (χ4v) is 3.66. The van der Waals surface area contributed by atoms with Crippen molar-refractivity contribution < 1.29 is 14.3 Å². The van der Waals surface area contributed by atoms with Crippen molar-refractivity contribution in [2.75, 3.05) is 44.6 Å². The summed E-state index contributed by atoms with van der Waals surface area (Å²) in [6.45, 7) is 8.08. The molecule has 3 rings (SSSR count). The zero-order valence-electron chi connectivity index (χ0n) is 16.8. The third-order valence-corrected chi connectivity index (χ3v) is 5.47. The second kappa shape index (κ2) is 10.3. The van der Waals surface area contributed by atoms with Crippen LogP contribution in [0, 0.1) is 5.92 Å². The van der Waals surface area contributed by atoms with E-state index in [2.05, 4.69) is 22.5 Å². The predicted octanol–water partition coefficient (Wildman–Crippen LogP) is 3.27. The number of nitrogens with one attached hydrogen (secondary N) is 2. The normalized spacial score (nSPS) is 18.2. The minimum absolute atomic E-state index is 0.190. The van der Waals surface area contributed by atoms with Crippen LogP contribution in [-0.2, 0) is 11.3 Å². The van der Waals surface area contributed by atoms with Crippen LogP contribution in [0.1, 0.15) is 38.2 Å². The summed E-state index contributed by atoms with van der Waals surface area (Å²) in [5.41, 5.74) is 1.69. The minimum Gasteiger partial charge on any atom is -0.448 e. The molecule has 0 atom stereocenters. The van der Waals surface area contributed by atoms with E-state index in [9.17, 15) is 9.59 Å². The van der Waals surface area contributed by atoms with Crippen LogP contribution in [0.15, 0.2) is 24.3 Å². The number of unbranched alkanes of at least 4 members (excludes halogenated alkanes) is 1.